The van der Waals surface area contributed by atoms with Gasteiger partial charge in [-0.05, 0) is 18.4 Å². The zero-order valence-corrected chi connectivity index (χ0v) is 16.1. The van der Waals surface area contributed by atoms with Crippen LogP contribution in [0.5, 0.6) is 0 Å². The normalized spacial score (nSPS) is 20.3. The summed E-state index contributed by atoms with van der Waals surface area (Å²) in [6.07, 6.45) is 5.80. The van der Waals surface area contributed by atoms with Crippen molar-refractivity contribution >= 4 is 22.7 Å². The van der Waals surface area contributed by atoms with Gasteiger partial charge in [0.2, 0.25) is 0 Å². The zero-order chi connectivity index (χ0) is 20.2. The van der Waals surface area contributed by atoms with Crippen LogP contribution in [-0.2, 0) is 6.54 Å². The summed E-state index contributed by atoms with van der Waals surface area (Å²) in [6, 6.07) is 5.41. The number of rotatable bonds is 2. The average molecular weight is 401 g/mol. The Morgan fingerprint density at radius 1 is 1.03 bits per heavy atom. The first kappa shape index (κ1) is 17.1. The second-order valence-corrected chi connectivity index (χ2v) is 7.98. The molecule has 10 nitrogen and oxygen atoms in total. The predicted molar refractivity (Wildman–Crippen MR) is 111 cm³/mol. The monoisotopic (exact) mass is 401 g/mol. The van der Waals surface area contributed by atoms with E-state index < -0.39 is 0 Å². The minimum absolute atomic E-state index is 0.00194. The fraction of sp³-hybridized carbons (Fsp3) is 0.300. The topological polar surface area (TPSA) is 132 Å². The average Bonchev–Trinajstić information content (AvgIpc) is 3.23. The van der Waals surface area contributed by atoms with Gasteiger partial charge in [0.05, 0.1) is 17.3 Å². The van der Waals surface area contributed by atoms with Crippen molar-refractivity contribution < 1.29 is 0 Å². The number of nitrogen functional groups attached to an aromatic ring is 1. The Morgan fingerprint density at radius 2 is 1.93 bits per heavy atom. The van der Waals surface area contributed by atoms with Crippen molar-refractivity contribution in [3.63, 3.8) is 0 Å². The maximum atomic E-state index is 12.9. The van der Waals surface area contributed by atoms with E-state index in [-0.39, 0.29) is 11.5 Å². The molecule has 1 saturated heterocycles. The van der Waals surface area contributed by atoms with Crippen LogP contribution in [0.15, 0.2) is 41.8 Å². The molecule has 1 fully saturated rings. The van der Waals surface area contributed by atoms with Crippen LogP contribution < -0.4 is 16.2 Å². The van der Waals surface area contributed by atoms with Crippen molar-refractivity contribution in [2.24, 2.45) is 5.92 Å². The zero-order valence-electron chi connectivity index (χ0n) is 16.1. The lowest BCUT2D eigenvalue weighted by Crippen LogP contribution is -2.47. The molecule has 6 rings (SSSR count). The third-order valence-corrected chi connectivity index (χ3v) is 6.07. The molecule has 4 aromatic rings. The second-order valence-electron chi connectivity index (χ2n) is 7.98. The Balaban J connectivity index is 1.41. The van der Waals surface area contributed by atoms with E-state index in [2.05, 4.69) is 41.1 Å². The number of nitrogens with zero attached hydrogens (tertiary/aromatic N) is 7. The number of aromatic amines is 1. The number of piperidine rings is 1. The van der Waals surface area contributed by atoms with E-state index in [9.17, 15) is 4.79 Å². The highest BCUT2D eigenvalue weighted by atomic mass is 16.1. The minimum atomic E-state index is 0.00194. The van der Waals surface area contributed by atoms with Gasteiger partial charge in [0.25, 0.3) is 5.56 Å². The van der Waals surface area contributed by atoms with Crippen molar-refractivity contribution in [2.75, 3.05) is 23.7 Å². The smallest absolute Gasteiger partial charge is 0.251 e. The number of pyridine rings is 1. The molecule has 2 aliphatic heterocycles. The molecule has 0 radical (unpaired) electrons. The largest absolute Gasteiger partial charge is 0.384 e. The number of anilines is 2. The Labute approximate surface area is 170 Å². The summed E-state index contributed by atoms with van der Waals surface area (Å²) in [6.45, 7) is 2.33. The molecule has 30 heavy (non-hydrogen) atoms. The fourth-order valence-corrected chi connectivity index (χ4v) is 4.81. The highest BCUT2D eigenvalue weighted by Crippen LogP contribution is 2.38. The van der Waals surface area contributed by atoms with Gasteiger partial charge in [0.1, 0.15) is 24.3 Å². The molecule has 10 heteroatoms. The summed E-state index contributed by atoms with van der Waals surface area (Å²) in [5, 5.41) is 7.93. The Morgan fingerprint density at radius 3 is 2.83 bits per heavy atom. The van der Waals surface area contributed by atoms with Gasteiger partial charge in [-0.2, -0.15) is 5.10 Å². The van der Waals surface area contributed by atoms with Crippen LogP contribution in [0, 0.1) is 5.92 Å². The molecule has 150 valence electrons. The highest BCUT2D eigenvalue weighted by molar-refractivity contribution is 5.86. The Hall–Kier alpha value is -3.82. The summed E-state index contributed by atoms with van der Waals surface area (Å²) in [7, 11) is 0. The van der Waals surface area contributed by atoms with Gasteiger partial charge in [-0.3, -0.25) is 9.89 Å². The SMILES string of the molecule is Nc1cc(-c2cc3n(c(=O)c2)C[C@H]2C[C@@H]3CN(c3ncnc4[nH]ncc34)C2)ncn1. The molecule has 2 atom stereocenters. The molecular formula is C20H19N9O. The van der Waals surface area contributed by atoms with E-state index in [0.717, 1.165) is 47.6 Å². The number of nitrogens with two attached hydrogens (primary N) is 1. The van der Waals surface area contributed by atoms with E-state index in [4.69, 9.17) is 5.73 Å². The lowest BCUT2D eigenvalue weighted by atomic mass is 9.82. The van der Waals surface area contributed by atoms with Crippen LogP contribution in [0.1, 0.15) is 18.0 Å². The van der Waals surface area contributed by atoms with Crippen molar-refractivity contribution in [1.82, 2.24) is 34.7 Å². The molecular weight excluding hydrogens is 382 g/mol. The second kappa shape index (κ2) is 6.34. The highest BCUT2D eigenvalue weighted by Gasteiger charge is 2.36. The summed E-state index contributed by atoms with van der Waals surface area (Å²) in [5.41, 5.74) is 9.01. The van der Waals surface area contributed by atoms with Gasteiger partial charge in [-0.1, -0.05) is 0 Å². The number of hydrogen-bond acceptors (Lipinski definition) is 8. The van der Waals surface area contributed by atoms with E-state index in [1.807, 2.05) is 4.57 Å². The summed E-state index contributed by atoms with van der Waals surface area (Å²) in [5.74, 6) is 1.88. The van der Waals surface area contributed by atoms with E-state index in [1.54, 1.807) is 24.7 Å². The lowest BCUT2D eigenvalue weighted by Gasteiger charge is -2.43. The number of hydrogen-bond donors (Lipinski definition) is 2. The van der Waals surface area contributed by atoms with Crippen LogP contribution in [0.25, 0.3) is 22.3 Å². The molecule has 0 spiro atoms. The summed E-state index contributed by atoms with van der Waals surface area (Å²) < 4.78 is 1.91. The summed E-state index contributed by atoms with van der Waals surface area (Å²) in [4.78, 5) is 32.2. The number of nitrogens with one attached hydrogen (secondary N) is 1. The molecule has 0 saturated carbocycles. The van der Waals surface area contributed by atoms with Gasteiger partial charge in [-0.15, -0.1) is 0 Å². The van der Waals surface area contributed by atoms with Crippen LogP contribution in [0.3, 0.4) is 0 Å². The van der Waals surface area contributed by atoms with Gasteiger partial charge in [0.15, 0.2) is 5.65 Å². The Bertz CT molecular complexity index is 1330. The molecule has 6 heterocycles. The van der Waals surface area contributed by atoms with Crippen LogP contribution >= 0.6 is 0 Å². The molecule has 2 bridgehead atoms. The predicted octanol–water partition coefficient (Wildman–Crippen LogP) is 1.18. The standard InChI is InChI=1S/C20H19N9O/c21-17-4-15(22-9-23-17)12-2-16-13-1-11(7-29(16)18(30)3-12)6-28(8-13)20-14-5-26-27-19(14)24-10-25-20/h2-5,9-11,13H,1,6-8H2,(H2,21,22,23)(H,24,25,26,27)/t11-,13+/m0/s1. The molecule has 0 aliphatic carbocycles. The number of fused-ring (bicyclic) bond motifs is 5. The first-order valence-corrected chi connectivity index (χ1v) is 9.87. The maximum Gasteiger partial charge on any atom is 0.251 e. The molecule has 0 aromatic carbocycles. The molecule has 3 N–H and O–H groups in total. The van der Waals surface area contributed by atoms with E-state index in [0.29, 0.717) is 24.0 Å². The van der Waals surface area contributed by atoms with Crippen LogP contribution in [0.4, 0.5) is 11.6 Å². The van der Waals surface area contributed by atoms with Gasteiger partial charge >= 0.3 is 0 Å². The van der Waals surface area contributed by atoms with Gasteiger partial charge in [-0.25, -0.2) is 19.9 Å². The van der Waals surface area contributed by atoms with Crippen molar-refractivity contribution in [3.05, 3.63) is 53.1 Å². The third-order valence-electron chi connectivity index (χ3n) is 6.07. The van der Waals surface area contributed by atoms with E-state index >= 15 is 0 Å². The number of H-pyrrole nitrogens is 1. The third kappa shape index (κ3) is 2.64. The van der Waals surface area contributed by atoms with Crippen LogP contribution in [-0.4, -0.2) is 47.8 Å². The van der Waals surface area contributed by atoms with Crippen molar-refractivity contribution in [1.29, 1.82) is 0 Å². The molecule has 0 amide bonds. The van der Waals surface area contributed by atoms with Crippen molar-refractivity contribution in [2.45, 2.75) is 18.9 Å². The lowest BCUT2D eigenvalue weighted by molar-refractivity contribution is 0.281. The van der Waals surface area contributed by atoms with Crippen molar-refractivity contribution in [3.8, 4) is 11.3 Å². The molecule has 2 aliphatic rings. The quantitative estimate of drug-likeness (QED) is 0.512. The Kier molecular flexibility index (Phi) is 3.61. The van der Waals surface area contributed by atoms with Crippen LogP contribution in [0.2, 0.25) is 0 Å². The molecule has 4 aromatic heterocycles. The number of aromatic nitrogens is 7. The van der Waals surface area contributed by atoms with E-state index in [1.165, 1.54) is 6.33 Å². The summed E-state index contributed by atoms with van der Waals surface area (Å²) >= 11 is 0. The van der Waals surface area contributed by atoms with Gasteiger partial charge < -0.3 is 15.2 Å². The minimum Gasteiger partial charge on any atom is -0.384 e. The van der Waals surface area contributed by atoms with Gasteiger partial charge in [0, 0.05) is 48.9 Å². The maximum absolute atomic E-state index is 12.9. The first-order valence-electron chi connectivity index (χ1n) is 9.87. The first-order chi connectivity index (χ1) is 14.7. The molecule has 0 unspecified atom stereocenters. The fourth-order valence-electron chi connectivity index (χ4n) is 4.81.